The summed E-state index contributed by atoms with van der Waals surface area (Å²) in [5, 5.41) is 3.65. The SMILES string of the molecule is CC(CCS(C)=O)N1C(=O)C2(CC2)NC1C1CCCC1. The van der Waals surface area contributed by atoms with Crippen LogP contribution in [0.3, 0.4) is 0 Å². The minimum absolute atomic E-state index is 0.199. The van der Waals surface area contributed by atoms with E-state index in [0.717, 1.165) is 19.3 Å². The van der Waals surface area contributed by atoms with Crippen molar-refractivity contribution in [1.29, 1.82) is 0 Å². The van der Waals surface area contributed by atoms with Gasteiger partial charge in [0.2, 0.25) is 5.91 Å². The van der Waals surface area contributed by atoms with E-state index in [9.17, 15) is 9.00 Å². The van der Waals surface area contributed by atoms with Crippen LogP contribution in [0.2, 0.25) is 0 Å². The minimum Gasteiger partial charge on any atom is -0.323 e. The second-order valence-electron chi connectivity index (χ2n) is 6.84. The molecule has 3 atom stereocenters. The Labute approximate surface area is 124 Å². The highest BCUT2D eigenvalue weighted by atomic mass is 32.2. The van der Waals surface area contributed by atoms with Crippen LogP contribution in [0.5, 0.6) is 0 Å². The maximum absolute atomic E-state index is 12.7. The summed E-state index contributed by atoms with van der Waals surface area (Å²) in [6, 6.07) is 0.199. The third kappa shape index (κ3) is 2.54. The van der Waals surface area contributed by atoms with Gasteiger partial charge in [0, 0.05) is 28.9 Å². The van der Waals surface area contributed by atoms with Gasteiger partial charge in [0.15, 0.2) is 0 Å². The molecule has 2 aliphatic carbocycles. The van der Waals surface area contributed by atoms with Crippen molar-refractivity contribution in [3.05, 3.63) is 0 Å². The van der Waals surface area contributed by atoms with Crippen LogP contribution in [0.25, 0.3) is 0 Å². The van der Waals surface area contributed by atoms with Gasteiger partial charge in [0.1, 0.15) is 0 Å². The van der Waals surface area contributed by atoms with Crippen LogP contribution in [0, 0.1) is 5.92 Å². The van der Waals surface area contributed by atoms with Gasteiger partial charge < -0.3 is 4.90 Å². The van der Waals surface area contributed by atoms with Gasteiger partial charge in [0.25, 0.3) is 0 Å². The molecule has 2 saturated carbocycles. The lowest BCUT2D eigenvalue weighted by Crippen LogP contribution is -2.47. The number of carbonyl (C=O) groups excluding carboxylic acids is 1. The van der Waals surface area contributed by atoms with Gasteiger partial charge in [-0.3, -0.25) is 14.3 Å². The van der Waals surface area contributed by atoms with Crippen LogP contribution in [0.1, 0.15) is 51.9 Å². The monoisotopic (exact) mass is 298 g/mol. The highest BCUT2D eigenvalue weighted by Gasteiger charge is 2.61. The average Bonchev–Trinajstić information content (AvgIpc) is 2.87. The van der Waals surface area contributed by atoms with Crippen molar-refractivity contribution >= 4 is 16.7 Å². The van der Waals surface area contributed by atoms with Gasteiger partial charge in [-0.25, -0.2) is 0 Å². The van der Waals surface area contributed by atoms with Gasteiger partial charge in [0.05, 0.1) is 11.7 Å². The summed E-state index contributed by atoms with van der Waals surface area (Å²) in [7, 11) is -0.773. The predicted octanol–water partition coefficient (Wildman–Crippen LogP) is 1.62. The van der Waals surface area contributed by atoms with Gasteiger partial charge in [-0.1, -0.05) is 12.8 Å². The van der Waals surface area contributed by atoms with E-state index < -0.39 is 10.8 Å². The van der Waals surface area contributed by atoms with Crippen LogP contribution in [0.4, 0.5) is 0 Å². The molecule has 0 radical (unpaired) electrons. The molecule has 1 aliphatic heterocycles. The third-order valence-corrected chi connectivity index (χ3v) is 6.07. The molecule has 1 N–H and O–H groups in total. The Bertz CT molecular complexity index is 416. The molecule has 0 aromatic carbocycles. The fourth-order valence-corrected chi connectivity index (χ4v) is 4.51. The van der Waals surface area contributed by atoms with Crippen LogP contribution in [-0.4, -0.2) is 44.8 Å². The molecule has 0 bridgehead atoms. The summed E-state index contributed by atoms with van der Waals surface area (Å²) < 4.78 is 11.3. The zero-order valence-corrected chi connectivity index (χ0v) is 13.4. The molecule has 1 spiro atoms. The summed E-state index contributed by atoms with van der Waals surface area (Å²) in [6.45, 7) is 2.12. The van der Waals surface area contributed by atoms with Crippen LogP contribution in [-0.2, 0) is 15.6 Å². The van der Waals surface area contributed by atoms with E-state index in [0.29, 0.717) is 17.6 Å². The Morgan fingerprint density at radius 3 is 2.60 bits per heavy atom. The Morgan fingerprint density at radius 2 is 2.05 bits per heavy atom. The molecule has 3 fully saturated rings. The van der Waals surface area contributed by atoms with Crippen molar-refractivity contribution in [3.63, 3.8) is 0 Å². The van der Waals surface area contributed by atoms with Crippen molar-refractivity contribution in [2.75, 3.05) is 12.0 Å². The van der Waals surface area contributed by atoms with Crippen LogP contribution < -0.4 is 5.32 Å². The van der Waals surface area contributed by atoms with E-state index in [4.69, 9.17) is 0 Å². The highest BCUT2D eigenvalue weighted by Crippen LogP contribution is 2.46. The standard InChI is InChI=1S/C15H26N2O2S/c1-11(7-10-20(2)19)17-13(12-5-3-4-6-12)16-15(8-9-15)14(17)18/h11-13,16H,3-10H2,1-2H3. The fraction of sp³-hybridized carbons (Fsp3) is 0.933. The summed E-state index contributed by atoms with van der Waals surface area (Å²) in [5.41, 5.74) is -0.215. The summed E-state index contributed by atoms with van der Waals surface area (Å²) in [5.74, 6) is 1.62. The lowest BCUT2D eigenvalue weighted by atomic mass is 10.0. The number of carbonyl (C=O) groups is 1. The summed E-state index contributed by atoms with van der Waals surface area (Å²) in [4.78, 5) is 14.8. The molecule has 5 heteroatoms. The van der Waals surface area contributed by atoms with E-state index in [-0.39, 0.29) is 17.7 Å². The van der Waals surface area contributed by atoms with Crippen molar-refractivity contribution in [2.24, 2.45) is 5.92 Å². The largest absolute Gasteiger partial charge is 0.323 e. The molecular formula is C15H26N2O2S. The molecule has 3 aliphatic rings. The highest BCUT2D eigenvalue weighted by molar-refractivity contribution is 7.84. The normalized spacial score (nSPS) is 32.0. The molecule has 114 valence electrons. The first kappa shape index (κ1) is 14.5. The lowest BCUT2D eigenvalue weighted by molar-refractivity contribution is -0.133. The first-order valence-corrected chi connectivity index (χ1v) is 9.67. The smallest absolute Gasteiger partial charge is 0.244 e. The van der Waals surface area contributed by atoms with E-state index in [2.05, 4.69) is 17.1 Å². The predicted molar refractivity (Wildman–Crippen MR) is 80.7 cm³/mol. The number of hydrogen-bond donors (Lipinski definition) is 1. The Balaban J connectivity index is 1.73. The Hall–Kier alpha value is -0.420. The molecular weight excluding hydrogens is 272 g/mol. The summed E-state index contributed by atoms with van der Waals surface area (Å²) >= 11 is 0. The molecule has 20 heavy (non-hydrogen) atoms. The minimum atomic E-state index is -0.773. The van der Waals surface area contributed by atoms with E-state index in [1.165, 1.54) is 25.7 Å². The van der Waals surface area contributed by atoms with Crippen molar-refractivity contribution in [3.8, 4) is 0 Å². The van der Waals surface area contributed by atoms with E-state index in [1.54, 1.807) is 6.26 Å². The van der Waals surface area contributed by atoms with Crippen LogP contribution in [0.15, 0.2) is 0 Å². The maximum atomic E-state index is 12.7. The molecule has 4 nitrogen and oxygen atoms in total. The topological polar surface area (TPSA) is 49.4 Å². The molecule has 1 saturated heterocycles. The van der Waals surface area contributed by atoms with Gasteiger partial charge >= 0.3 is 0 Å². The van der Waals surface area contributed by atoms with E-state index in [1.807, 2.05) is 0 Å². The van der Waals surface area contributed by atoms with Crippen LogP contribution >= 0.6 is 0 Å². The Kier molecular flexibility index (Phi) is 3.93. The van der Waals surface area contributed by atoms with Gasteiger partial charge in [-0.15, -0.1) is 0 Å². The number of hydrogen-bond acceptors (Lipinski definition) is 3. The molecule has 1 heterocycles. The molecule has 0 aromatic heterocycles. The Morgan fingerprint density at radius 1 is 1.40 bits per heavy atom. The second kappa shape index (κ2) is 5.41. The third-order valence-electron chi connectivity index (χ3n) is 5.26. The lowest BCUT2D eigenvalue weighted by Gasteiger charge is -2.33. The van der Waals surface area contributed by atoms with Crippen molar-refractivity contribution in [1.82, 2.24) is 10.2 Å². The average molecular weight is 298 g/mol. The van der Waals surface area contributed by atoms with Gasteiger partial charge in [-0.2, -0.15) is 0 Å². The summed E-state index contributed by atoms with van der Waals surface area (Å²) in [6.07, 6.45) is 9.89. The number of nitrogens with one attached hydrogen (secondary N) is 1. The number of rotatable bonds is 5. The first-order valence-electron chi connectivity index (χ1n) is 7.94. The van der Waals surface area contributed by atoms with E-state index >= 15 is 0 Å². The first-order chi connectivity index (χ1) is 9.53. The molecule has 3 rings (SSSR count). The number of amides is 1. The van der Waals surface area contributed by atoms with Crippen molar-refractivity contribution < 1.29 is 9.00 Å². The quantitative estimate of drug-likeness (QED) is 0.839. The fourth-order valence-electron chi connectivity index (χ4n) is 3.84. The molecule has 0 aromatic rings. The van der Waals surface area contributed by atoms with Gasteiger partial charge in [-0.05, 0) is 44.9 Å². The zero-order valence-electron chi connectivity index (χ0n) is 12.6. The van der Waals surface area contributed by atoms with Crippen molar-refractivity contribution in [2.45, 2.75) is 69.6 Å². The molecule has 3 unspecified atom stereocenters. The molecule has 1 amide bonds. The number of nitrogens with zero attached hydrogens (tertiary/aromatic N) is 1. The maximum Gasteiger partial charge on any atom is 0.244 e. The second-order valence-corrected chi connectivity index (χ2v) is 8.40. The zero-order chi connectivity index (χ0) is 14.3.